The second-order valence-corrected chi connectivity index (χ2v) is 8.52. The van der Waals surface area contributed by atoms with Gasteiger partial charge in [0.25, 0.3) is 0 Å². The molecule has 0 radical (unpaired) electrons. The Hall–Kier alpha value is -2.98. The maximum atomic E-state index is 11.6. The molecule has 30 heavy (non-hydrogen) atoms. The molecule has 3 aromatic rings. The number of carboxylic acid groups (broad SMARTS) is 1. The number of pyridine rings is 1. The minimum atomic E-state index is -0.874. The molecule has 0 bridgehead atoms. The van der Waals surface area contributed by atoms with Crippen LogP contribution >= 0.6 is 0 Å². The highest BCUT2D eigenvalue weighted by molar-refractivity contribution is 5.89. The predicted molar refractivity (Wildman–Crippen MR) is 117 cm³/mol. The maximum Gasteiger partial charge on any atom is 0.336 e. The summed E-state index contributed by atoms with van der Waals surface area (Å²) in [6.07, 6.45) is 7.44. The molecule has 1 fully saturated rings. The summed E-state index contributed by atoms with van der Waals surface area (Å²) in [5, 5.41) is 9.49. The van der Waals surface area contributed by atoms with Crippen LogP contribution in [0.5, 0.6) is 0 Å². The van der Waals surface area contributed by atoms with E-state index in [0.29, 0.717) is 17.6 Å². The van der Waals surface area contributed by atoms with Crippen LogP contribution in [0.4, 0.5) is 0 Å². The van der Waals surface area contributed by atoms with Crippen LogP contribution in [0.2, 0.25) is 0 Å². The van der Waals surface area contributed by atoms with Crippen LogP contribution in [0.3, 0.4) is 0 Å². The zero-order valence-electron chi connectivity index (χ0n) is 17.2. The molecule has 0 unspecified atom stereocenters. The Labute approximate surface area is 177 Å². The van der Waals surface area contributed by atoms with Gasteiger partial charge in [-0.3, -0.25) is 9.88 Å². The standard InChI is InChI=1S/C26H26N2O2/c1-17-4-2-3-5-22(17)18-6-10-23-20(14-18)16-28(21-8-9-21)25(23)11-7-19-15-27-13-12-24(19)26(29)30/h2-6,10,12-15,21,25H,7-9,11,16H2,1H3,(H,29,30)/t25-/m1/s1. The van der Waals surface area contributed by atoms with Gasteiger partial charge in [-0.2, -0.15) is 0 Å². The molecule has 1 N–H and O–H groups in total. The van der Waals surface area contributed by atoms with Crippen molar-refractivity contribution in [1.29, 1.82) is 0 Å². The second-order valence-electron chi connectivity index (χ2n) is 8.52. The molecule has 1 aliphatic carbocycles. The van der Waals surface area contributed by atoms with E-state index >= 15 is 0 Å². The number of hydrogen-bond acceptors (Lipinski definition) is 3. The maximum absolute atomic E-state index is 11.6. The van der Waals surface area contributed by atoms with E-state index in [0.717, 1.165) is 24.9 Å². The minimum absolute atomic E-state index is 0.347. The van der Waals surface area contributed by atoms with Crippen LogP contribution in [0.15, 0.2) is 60.9 Å². The van der Waals surface area contributed by atoms with Gasteiger partial charge in [-0.25, -0.2) is 4.79 Å². The highest BCUT2D eigenvalue weighted by Crippen LogP contribution is 2.45. The van der Waals surface area contributed by atoms with Crippen molar-refractivity contribution in [2.24, 2.45) is 0 Å². The lowest BCUT2D eigenvalue weighted by molar-refractivity contribution is 0.0695. The first-order valence-electron chi connectivity index (χ1n) is 10.7. The van der Waals surface area contributed by atoms with Crippen molar-refractivity contribution >= 4 is 5.97 Å². The van der Waals surface area contributed by atoms with E-state index in [-0.39, 0.29) is 0 Å². The number of aryl methyl sites for hydroxylation is 2. The van der Waals surface area contributed by atoms with Gasteiger partial charge >= 0.3 is 5.97 Å². The van der Waals surface area contributed by atoms with Crippen molar-refractivity contribution in [3.63, 3.8) is 0 Å². The van der Waals surface area contributed by atoms with Crippen molar-refractivity contribution in [2.75, 3.05) is 0 Å². The van der Waals surface area contributed by atoms with E-state index in [1.165, 1.54) is 40.7 Å². The van der Waals surface area contributed by atoms with Crippen LogP contribution in [0, 0.1) is 6.92 Å². The molecule has 5 rings (SSSR count). The van der Waals surface area contributed by atoms with Gasteiger partial charge in [-0.1, -0.05) is 36.4 Å². The van der Waals surface area contributed by atoms with Gasteiger partial charge in [0.1, 0.15) is 0 Å². The Morgan fingerprint density at radius 3 is 2.77 bits per heavy atom. The predicted octanol–water partition coefficient (Wildman–Crippen LogP) is 5.41. The number of hydrogen-bond donors (Lipinski definition) is 1. The summed E-state index contributed by atoms with van der Waals surface area (Å²) in [7, 11) is 0. The van der Waals surface area contributed by atoms with E-state index in [2.05, 4.69) is 59.3 Å². The highest BCUT2D eigenvalue weighted by atomic mass is 16.4. The fourth-order valence-electron chi connectivity index (χ4n) is 4.86. The Balaban J connectivity index is 1.43. The summed E-state index contributed by atoms with van der Waals surface area (Å²) in [6.45, 7) is 3.15. The average Bonchev–Trinajstić information content (AvgIpc) is 3.54. The third-order valence-electron chi connectivity index (χ3n) is 6.55. The van der Waals surface area contributed by atoms with Crippen LogP contribution in [0.25, 0.3) is 11.1 Å². The Bertz CT molecular complexity index is 1100. The van der Waals surface area contributed by atoms with Gasteiger partial charge in [-0.05, 0) is 78.1 Å². The van der Waals surface area contributed by atoms with E-state index in [4.69, 9.17) is 0 Å². The molecule has 1 saturated carbocycles. The molecule has 1 atom stereocenters. The van der Waals surface area contributed by atoms with Gasteiger partial charge < -0.3 is 5.11 Å². The third-order valence-corrected chi connectivity index (χ3v) is 6.55. The molecular weight excluding hydrogens is 372 g/mol. The molecule has 0 spiro atoms. The average molecular weight is 399 g/mol. The summed E-state index contributed by atoms with van der Waals surface area (Å²) in [5.41, 5.74) is 7.88. The number of benzene rings is 2. The number of carboxylic acids is 1. The van der Waals surface area contributed by atoms with Crippen LogP contribution in [-0.4, -0.2) is 27.0 Å². The normalized spacial score (nSPS) is 18.4. The SMILES string of the molecule is Cc1ccccc1-c1ccc2c(c1)CN(C1CC1)[C@@H]2CCc1cnccc1C(=O)O. The molecule has 1 aromatic heterocycles. The molecule has 2 aromatic carbocycles. The first-order chi connectivity index (χ1) is 14.6. The lowest BCUT2D eigenvalue weighted by Crippen LogP contribution is -2.25. The number of rotatable bonds is 6. The topological polar surface area (TPSA) is 53.4 Å². The molecule has 2 heterocycles. The molecule has 0 amide bonds. The number of carbonyl (C=O) groups is 1. The molecule has 0 saturated heterocycles. The minimum Gasteiger partial charge on any atom is -0.478 e. The molecular formula is C26H26N2O2. The number of nitrogens with zero attached hydrogens (tertiary/aromatic N) is 2. The van der Waals surface area contributed by atoms with Crippen LogP contribution in [-0.2, 0) is 13.0 Å². The fraction of sp³-hybridized carbons (Fsp3) is 0.308. The van der Waals surface area contributed by atoms with E-state index in [1.54, 1.807) is 18.5 Å². The number of aromatic nitrogens is 1. The van der Waals surface area contributed by atoms with Gasteiger partial charge in [0.2, 0.25) is 0 Å². The summed E-state index contributed by atoms with van der Waals surface area (Å²) in [6, 6.07) is 18.1. The molecule has 2 aliphatic rings. The van der Waals surface area contributed by atoms with Crippen molar-refractivity contribution in [2.45, 2.75) is 51.2 Å². The highest BCUT2D eigenvalue weighted by Gasteiger charge is 2.39. The van der Waals surface area contributed by atoms with E-state index in [9.17, 15) is 9.90 Å². The second kappa shape index (κ2) is 7.69. The lowest BCUT2D eigenvalue weighted by atomic mass is 9.93. The van der Waals surface area contributed by atoms with E-state index < -0.39 is 5.97 Å². The third kappa shape index (κ3) is 3.52. The Kier molecular flexibility index (Phi) is 4.87. The molecule has 152 valence electrons. The van der Waals surface area contributed by atoms with Crippen LogP contribution < -0.4 is 0 Å². The van der Waals surface area contributed by atoms with Gasteiger partial charge in [0.15, 0.2) is 0 Å². The van der Waals surface area contributed by atoms with Crippen molar-refractivity contribution in [1.82, 2.24) is 9.88 Å². The van der Waals surface area contributed by atoms with Crippen molar-refractivity contribution in [3.05, 3.63) is 88.7 Å². The molecule has 4 nitrogen and oxygen atoms in total. The lowest BCUT2D eigenvalue weighted by Gasteiger charge is -2.25. The van der Waals surface area contributed by atoms with Crippen molar-refractivity contribution < 1.29 is 9.90 Å². The zero-order chi connectivity index (χ0) is 20.7. The number of fused-ring (bicyclic) bond motifs is 1. The quantitative estimate of drug-likeness (QED) is 0.603. The van der Waals surface area contributed by atoms with Gasteiger partial charge in [0, 0.05) is 31.0 Å². The largest absolute Gasteiger partial charge is 0.478 e. The summed E-state index contributed by atoms with van der Waals surface area (Å²) in [5.74, 6) is -0.874. The molecule has 4 heteroatoms. The smallest absolute Gasteiger partial charge is 0.336 e. The monoisotopic (exact) mass is 398 g/mol. The summed E-state index contributed by atoms with van der Waals surface area (Å²) < 4.78 is 0. The first-order valence-corrected chi connectivity index (χ1v) is 10.7. The van der Waals surface area contributed by atoms with E-state index in [1.807, 2.05) is 0 Å². The van der Waals surface area contributed by atoms with Gasteiger partial charge in [0.05, 0.1) is 5.56 Å². The number of aromatic carboxylic acids is 1. The Morgan fingerprint density at radius 2 is 2.00 bits per heavy atom. The molecule has 1 aliphatic heterocycles. The van der Waals surface area contributed by atoms with Crippen molar-refractivity contribution in [3.8, 4) is 11.1 Å². The summed E-state index contributed by atoms with van der Waals surface area (Å²) >= 11 is 0. The van der Waals surface area contributed by atoms with Crippen LogP contribution in [0.1, 0.15) is 57.9 Å². The Morgan fingerprint density at radius 1 is 1.17 bits per heavy atom. The zero-order valence-corrected chi connectivity index (χ0v) is 17.2. The van der Waals surface area contributed by atoms with Gasteiger partial charge in [-0.15, -0.1) is 0 Å². The summed E-state index contributed by atoms with van der Waals surface area (Å²) in [4.78, 5) is 18.3. The fourth-order valence-corrected chi connectivity index (χ4v) is 4.86. The first kappa shape index (κ1) is 19.0.